The molecule has 0 atom stereocenters. The minimum atomic E-state index is -4.23. The second-order valence-corrected chi connectivity index (χ2v) is 4.46. The van der Waals surface area contributed by atoms with E-state index in [-0.39, 0.29) is 44.3 Å². The molecule has 0 heterocycles. The van der Waals surface area contributed by atoms with Gasteiger partial charge in [0.2, 0.25) is 0 Å². The van der Waals surface area contributed by atoms with Crippen LogP contribution in [-0.4, -0.2) is 57.3 Å². The maximum absolute atomic E-state index is 10.1. The van der Waals surface area contributed by atoms with Gasteiger partial charge in [-0.3, -0.25) is 4.55 Å². The van der Waals surface area contributed by atoms with E-state index in [0.717, 1.165) is 12.8 Å². The summed E-state index contributed by atoms with van der Waals surface area (Å²) in [5, 5.41) is 0. The van der Waals surface area contributed by atoms with Gasteiger partial charge in [-0.15, -0.1) is 0 Å². The fraction of sp³-hybridized carbons (Fsp3) is 1.00. The van der Waals surface area contributed by atoms with Crippen molar-refractivity contribution in [2.75, 3.05) is 6.61 Å². The van der Waals surface area contributed by atoms with Gasteiger partial charge in [-0.05, 0) is 6.42 Å². The van der Waals surface area contributed by atoms with E-state index in [9.17, 15) is 8.42 Å². The molecule has 1 N–H and O–H groups in total. The fourth-order valence-corrected chi connectivity index (χ4v) is 1.55. The summed E-state index contributed by atoms with van der Waals surface area (Å²) in [6.45, 7) is 2.26. The van der Waals surface area contributed by atoms with E-state index >= 15 is 0 Å². The third-order valence-corrected chi connectivity index (χ3v) is 2.44. The minimum absolute atomic E-state index is 0. The molecule has 0 aromatic rings. The second kappa shape index (κ2) is 11.6. The molecule has 0 aromatic heterocycles. The van der Waals surface area contributed by atoms with Crippen LogP contribution in [0.2, 0.25) is 0 Å². The van der Waals surface area contributed by atoms with E-state index < -0.39 is 10.4 Å². The predicted molar refractivity (Wildman–Crippen MR) is 64.0 cm³/mol. The van der Waals surface area contributed by atoms with Crippen LogP contribution in [0.5, 0.6) is 0 Å². The van der Waals surface area contributed by atoms with Crippen molar-refractivity contribution in [3.05, 3.63) is 0 Å². The Morgan fingerprint density at radius 3 is 1.93 bits per heavy atom. The van der Waals surface area contributed by atoms with Crippen LogP contribution in [0.15, 0.2) is 0 Å². The van der Waals surface area contributed by atoms with Gasteiger partial charge in [-0.1, -0.05) is 45.4 Å². The molecular weight excluding hydrogens is 244 g/mol. The van der Waals surface area contributed by atoms with E-state index in [1.165, 1.54) is 25.7 Å². The quantitative estimate of drug-likeness (QED) is 0.391. The van der Waals surface area contributed by atoms with Crippen LogP contribution in [0, 0.1) is 0 Å². The van der Waals surface area contributed by atoms with Crippen molar-refractivity contribution in [2.45, 2.75) is 51.9 Å². The Morgan fingerprint density at radius 2 is 1.47 bits per heavy atom. The summed E-state index contributed by atoms with van der Waals surface area (Å²) in [6, 6.07) is 0. The Morgan fingerprint density at radius 1 is 1.00 bits per heavy atom. The normalized spacial score (nSPS) is 11.1. The first kappa shape index (κ1) is 18.5. The van der Waals surface area contributed by atoms with E-state index in [0.29, 0.717) is 6.42 Å². The molecule has 0 saturated carbocycles. The molecule has 0 spiro atoms. The first-order valence-electron chi connectivity index (χ1n) is 5.18. The zero-order chi connectivity index (χ0) is 10.9. The molecule has 0 radical (unpaired) electrons. The number of rotatable bonds is 9. The van der Waals surface area contributed by atoms with Gasteiger partial charge >= 0.3 is 48.1 Å². The van der Waals surface area contributed by atoms with Gasteiger partial charge in [0.25, 0.3) is 0 Å². The van der Waals surface area contributed by atoms with Gasteiger partial charge in [-0.2, -0.15) is 8.42 Å². The summed E-state index contributed by atoms with van der Waals surface area (Å²) in [7, 11) is -4.23. The molecule has 0 fully saturated rings. The SMILES string of the molecule is CCCCCCCCCOS(=O)(=O)O.[CaH2]. The number of hydrogen-bond acceptors (Lipinski definition) is 3. The average Bonchev–Trinajstić information content (AvgIpc) is 2.08. The van der Waals surface area contributed by atoms with Gasteiger partial charge in [0, 0.05) is 0 Å². The average molecular weight is 266 g/mol. The van der Waals surface area contributed by atoms with Crippen LogP contribution >= 0.6 is 0 Å². The molecule has 0 rings (SSSR count). The van der Waals surface area contributed by atoms with Crippen LogP contribution in [0.1, 0.15) is 51.9 Å². The van der Waals surface area contributed by atoms with Crippen molar-refractivity contribution in [1.29, 1.82) is 0 Å². The second-order valence-electron chi connectivity index (χ2n) is 3.37. The van der Waals surface area contributed by atoms with Gasteiger partial charge in [-0.25, -0.2) is 4.18 Å². The molecule has 4 nitrogen and oxygen atoms in total. The number of unbranched alkanes of at least 4 members (excludes halogenated alkanes) is 6. The van der Waals surface area contributed by atoms with Crippen molar-refractivity contribution in [2.24, 2.45) is 0 Å². The topological polar surface area (TPSA) is 63.6 Å². The van der Waals surface area contributed by atoms with Crippen LogP contribution in [0.4, 0.5) is 0 Å². The molecule has 15 heavy (non-hydrogen) atoms. The molecule has 0 saturated heterocycles. The van der Waals surface area contributed by atoms with Crippen LogP contribution in [0.3, 0.4) is 0 Å². The summed E-state index contributed by atoms with van der Waals surface area (Å²) in [5.74, 6) is 0. The van der Waals surface area contributed by atoms with Crippen molar-refractivity contribution >= 4 is 48.1 Å². The third kappa shape index (κ3) is 17.7. The molecule has 0 bridgehead atoms. The van der Waals surface area contributed by atoms with Crippen LogP contribution < -0.4 is 0 Å². The monoisotopic (exact) mass is 266 g/mol. The van der Waals surface area contributed by atoms with E-state index in [4.69, 9.17) is 4.55 Å². The summed E-state index contributed by atoms with van der Waals surface area (Å²) >= 11 is 0. The first-order valence-corrected chi connectivity index (χ1v) is 6.54. The van der Waals surface area contributed by atoms with Crippen molar-refractivity contribution in [3.8, 4) is 0 Å². The fourth-order valence-electron chi connectivity index (χ4n) is 1.22. The Bertz CT molecular complexity index is 216. The van der Waals surface area contributed by atoms with E-state index in [2.05, 4.69) is 11.1 Å². The zero-order valence-electron chi connectivity index (χ0n) is 8.74. The van der Waals surface area contributed by atoms with Gasteiger partial charge in [0.1, 0.15) is 0 Å². The van der Waals surface area contributed by atoms with Crippen molar-refractivity contribution < 1.29 is 17.2 Å². The van der Waals surface area contributed by atoms with Gasteiger partial charge < -0.3 is 0 Å². The summed E-state index contributed by atoms with van der Waals surface area (Å²) in [4.78, 5) is 0. The molecule has 0 aromatic carbocycles. The molecule has 6 heteroatoms. The predicted octanol–water partition coefficient (Wildman–Crippen LogP) is 1.64. The zero-order valence-corrected chi connectivity index (χ0v) is 9.55. The molecule has 0 aliphatic heterocycles. The van der Waals surface area contributed by atoms with Crippen LogP contribution in [-0.2, 0) is 14.6 Å². The first-order chi connectivity index (χ1) is 6.56. The standard InChI is InChI=1S/C9H20O4S.Ca.2H/c1-2-3-4-5-6-7-8-9-13-14(10,11)12;;;/h2-9H2,1H3,(H,10,11,12);;;. The Balaban J connectivity index is 0. The summed E-state index contributed by atoms with van der Waals surface area (Å²) in [6.07, 6.45) is 7.68. The Hall–Kier alpha value is 1.13. The third-order valence-electron chi connectivity index (χ3n) is 1.98. The van der Waals surface area contributed by atoms with Crippen molar-refractivity contribution in [1.82, 2.24) is 0 Å². The molecular formula is C9H22CaO4S. The molecule has 0 aliphatic carbocycles. The Kier molecular flexibility index (Phi) is 14.3. The molecule has 0 unspecified atom stereocenters. The maximum atomic E-state index is 10.1. The molecule has 90 valence electrons. The van der Waals surface area contributed by atoms with E-state index in [1.54, 1.807) is 0 Å². The van der Waals surface area contributed by atoms with Gasteiger partial charge in [0.05, 0.1) is 6.61 Å². The van der Waals surface area contributed by atoms with E-state index in [1.807, 2.05) is 0 Å². The Labute approximate surface area is 123 Å². The molecule has 0 aliphatic rings. The van der Waals surface area contributed by atoms with Crippen molar-refractivity contribution in [3.63, 3.8) is 0 Å². The summed E-state index contributed by atoms with van der Waals surface area (Å²) < 4.78 is 32.7. The number of hydrogen-bond donors (Lipinski definition) is 1. The summed E-state index contributed by atoms with van der Waals surface area (Å²) in [5.41, 5.74) is 0. The van der Waals surface area contributed by atoms with Crippen LogP contribution in [0.25, 0.3) is 0 Å². The van der Waals surface area contributed by atoms with Gasteiger partial charge in [0.15, 0.2) is 0 Å². The molecule has 0 amide bonds.